The van der Waals surface area contributed by atoms with E-state index in [1.807, 2.05) is 48.5 Å². The Bertz CT molecular complexity index is 864. The maximum atomic E-state index is 10.9. The van der Waals surface area contributed by atoms with Crippen molar-refractivity contribution in [2.75, 3.05) is 7.11 Å². The molecule has 0 fully saturated rings. The quantitative estimate of drug-likeness (QED) is 0.453. The van der Waals surface area contributed by atoms with E-state index in [4.69, 9.17) is 4.74 Å². The Hall–Kier alpha value is -3.08. The molecule has 0 amide bonds. The lowest BCUT2D eigenvalue weighted by molar-refractivity contribution is -0.140. The zero-order chi connectivity index (χ0) is 16.2. The first-order valence-corrected chi connectivity index (χ1v) is 7.15. The molecule has 0 unspecified atom stereocenters. The normalized spacial score (nSPS) is 11.0. The van der Waals surface area contributed by atoms with Crippen LogP contribution in [0.5, 0.6) is 5.75 Å². The van der Waals surface area contributed by atoms with E-state index < -0.39 is 5.97 Å². The lowest BCUT2D eigenvalue weighted by Gasteiger charge is -2.03. The highest BCUT2D eigenvalue weighted by atomic mass is 16.7. The van der Waals surface area contributed by atoms with Gasteiger partial charge in [0.05, 0.1) is 19.0 Å². The number of aromatic nitrogens is 1. The van der Waals surface area contributed by atoms with Crippen LogP contribution in [0.15, 0.2) is 53.7 Å². The smallest absolute Gasteiger partial charge is 0.331 e. The Morgan fingerprint density at radius 2 is 1.87 bits per heavy atom. The molecule has 1 heterocycles. The van der Waals surface area contributed by atoms with Crippen LogP contribution in [0.25, 0.3) is 22.2 Å². The summed E-state index contributed by atoms with van der Waals surface area (Å²) >= 11 is 0. The topological polar surface area (TPSA) is 63.7 Å². The molecule has 0 saturated heterocycles. The van der Waals surface area contributed by atoms with Gasteiger partial charge in [-0.2, -0.15) is 0 Å². The zero-order valence-electron chi connectivity index (χ0n) is 12.9. The van der Waals surface area contributed by atoms with Crippen LogP contribution in [0, 0.1) is 0 Å². The number of hydrogen-bond donors (Lipinski definition) is 1. The highest BCUT2D eigenvalue weighted by Gasteiger charge is 2.11. The van der Waals surface area contributed by atoms with Gasteiger partial charge in [0.1, 0.15) is 5.75 Å². The molecule has 1 N–H and O–H groups in total. The van der Waals surface area contributed by atoms with Crippen LogP contribution in [-0.4, -0.2) is 24.3 Å². The molecule has 3 aromatic rings. The van der Waals surface area contributed by atoms with Crippen molar-refractivity contribution in [3.05, 3.63) is 54.1 Å². The molecule has 1 aromatic heterocycles. The number of nitrogens with one attached hydrogen (secondary N) is 1. The van der Waals surface area contributed by atoms with E-state index in [0.29, 0.717) is 0 Å². The number of rotatable bonds is 4. The zero-order valence-corrected chi connectivity index (χ0v) is 12.9. The Kier molecular flexibility index (Phi) is 4.10. The molecule has 116 valence electrons. The lowest BCUT2D eigenvalue weighted by atomic mass is 10.1. The number of para-hydroxylation sites is 1. The molecule has 0 saturated carbocycles. The lowest BCUT2D eigenvalue weighted by Crippen LogP contribution is -1.93. The number of hydrogen-bond acceptors (Lipinski definition) is 4. The maximum Gasteiger partial charge on any atom is 0.331 e. The fourth-order valence-electron chi connectivity index (χ4n) is 2.44. The summed E-state index contributed by atoms with van der Waals surface area (Å²) in [5.74, 6) is 0.340. The Morgan fingerprint density at radius 3 is 2.57 bits per heavy atom. The van der Waals surface area contributed by atoms with Crippen LogP contribution in [0.2, 0.25) is 0 Å². The van der Waals surface area contributed by atoms with E-state index in [9.17, 15) is 4.79 Å². The predicted molar refractivity (Wildman–Crippen MR) is 89.6 cm³/mol. The molecule has 23 heavy (non-hydrogen) atoms. The monoisotopic (exact) mass is 308 g/mol. The molecule has 5 heteroatoms. The van der Waals surface area contributed by atoms with E-state index in [-0.39, 0.29) is 0 Å². The minimum atomic E-state index is -0.452. The van der Waals surface area contributed by atoms with Gasteiger partial charge in [0.25, 0.3) is 0 Å². The fourth-order valence-corrected chi connectivity index (χ4v) is 2.44. The molecule has 2 aromatic carbocycles. The van der Waals surface area contributed by atoms with E-state index in [0.717, 1.165) is 33.5 Å². The van der Waals surface area contributed by atoms with Crippen molar-refractivity contribution >= 4 is 23.1 Å². The van der Waals surface area contributed by atoms with Gasteiger partial charge < -0.3 is 14.6 Å². The summed E-state index contributed by atoms with van der Waals surface area (Å²) in [6, 6.07) is 15.6. The molecule has 0 spiro atoms. The SMILES string of the molecule is COc1ccc(-c2[nH]c3ccccc3c2C=NOC(C)=O)cc1. The van der Waals surface area contributed by atoms with E-state index in [2.05, 4.69) is 15.0 Å². The predicted octanol–water partition coefficient (Wildman–Crippen LogP) is 3.74. The van der Waals surface area contributed by atoms with E-state index in [1.54, 1.807) is 13.3 Å². The van der Waals surface area contributed by atoms with E-state index in [1.165, 1.54) is 6.92 Å². The highest BCUT2D eigenvalue weighted by molar-refractivity contribution is 6.05. The van der Waals surface area contributed by atoms with Crippen molar-refractivity contribution in [3.8, 4) is 17.0 Å². The number of methoxy groups -OCH3 is 1. The van der Waals surface area contributed by atoms with Gasteiger partial charge in [0, 0.05) is 23.4 Å². The largest absolute Gasteiger partial charge is 0.497 e. The minimum Gasteiger partial charge on any atom is -0.497 e. The summed E-state index contributed by atoms with van der Waals surface area (Å²) in [6.45, 7) is 1.32. The minimum absolute atomic E-state index is 0.452. The molecule has 0 radical (unpaired) electrons. The molecule has 0 bridgehead atoms. The molecule has 0 atom stereocenters. The van der Waals surface area contributed by atoms with Crippen molar-refractivity contribution in [2.24, 2.45) is 5.16 Å². The number of fused-ring (bicyclic) bond motifs is 1. The first kappa shape index (κ1) is 14.8. The third-order valence-corrected chi connectivity index (χ3v) is 3.49. The molecule has 5 nitrogen and oxygen atoms in total. The van der Waals surface area contributed by atoms with Crippen LogP contribution in [-0.2, 0) is 9.63 Å². The van der Waals surface area contributed by atoms with Crippen LogP contribution < -0.4 is 4.74 Å². The summed E-state index contributed by atoms with van der Waals surface area (Å²) < 4.78 is 5.19. The number of oxime groups is 1. The van der Waals surface area contributed by atoms with Crippen LogP contribution in [0.3, 0.4) is 0 Å². The average Bonchev–Trinajstić information content (AvgIpc) is 2.93. The van der Waals surface area contributed by atoms with Gasteiger partial charge in [-0.15, -0.1) is 0 Å². The Labute approximate surface area is 133 Å². The number of carbonyl (C=O) groups is 1. The number of carbonyl (C=O) groups excluding carboxylic acids is 1. The highest BCUT2D eigenvalue weighted by Crippen LogP contribution is 2.30. The van der Waals surface area contributed by atoms with Gasteiger partial charge in [0.2, 0.25) is 0 Å². The molecule has 0 aliphatic rings. The molecule has 0 aliphatic heterocycles. The van der Waals surface area contributed by atoms with Gasteiger partial charge in [-0.1, -0.05) is 23.4 Å². The van der Waals surface area contributed by atoms with Crippen LogP contribution in [0.1, 0.15) is 12.5 Å². The van der Waals surface area contributed by atoms with Crippen molar-refractivity contribution in [1.29, 1.82) is 0 Å². The second-order valence-electron chi connectivity index (χ2n) is 5.01. The van der Waals surface area contributed by atoms with Crippen LogP contribution >= 0.6 is 0 Å². The fraction of sp³-hybridized carbons (Fsp3) is 0.111. The second-order valence-corrected chi connectivity index (χ2v) is 5.01. The summed E-state index contributed by atoms with van der Waals surface area (Å²) in [5, 5.41) is 4.77. The maximum absolute atomic E-state index is 10.9. The Balaban J connectivity index is 2.10. The summed E-state index contributed by atoms with van der Waals surface area (Å²) in [4.78, 5) is 19.0. The average molecular weight is 308 g/mol. The number of H-pyrrole nitrogens is 1. The Morgan fingerprint density at radius 1 is 1.13 bits per heavy atom. The third kappa shape index (κ3) is 3.08. The van der Waals surface area contributed by atoms with Gasteiger partial charge in [-0.25, -0.2) is 4.79 Å². The third-order valence-electron chi connectivity index (χ3n) is 3.49. The van der Waals surface area contributed by atoms with Crippen molar-refractivity contribution in [3.63, 3.8) is 0 Å². The molecular weight excluding hydrogens is 292 g/mol. The summed E-state index contributed by atoms with van der Waals surface area (Å²) in [6.07, 6.45) is 1.56. The molecular formula is C18H16N2O3. The van der Waals surface area contributed by atoms with Gasteiger partial charge in [0.15, 0.2) is 0 Å². The first-order valence-electron chi connectivity index (χ1n) is 7.15. The van der Waals surface area contributed by atoms with Gasteiger partial charge in [-0.3, -0.25) is 0 Å². The summed E-state index contributed by atoms with van der Waals surface area (Å²) in [5.41, 5.74) is 3.76. The first-order chi connectivity index (χ1) is 11.2. The van der Waals surface area contributed by atoms with Crippen molar-refractivity contribution < 1.29 is 14.4 Å². The van der Waals surface area contributed by atoms with Crippen molar-refractivity contribution in [1.82, 2.24) is 4.98 Å². The van der Waals surface area contributed by atoms with Gasteiger partial charge in [-0.05, 0) is 35.9 Å². The van der Waals surface area contributed by atoms with E-state index >= 15 is 0 Å². The van der Waals surface area contributed by atoms with Gasteiger partial charge >= 0.3 is 5.97 Å². The number of benzene rings is 2. The molecule has 0 aliphatic carbocycles. The summed E-state index contributed by atoms with van der Waals surface area (Å²) in [7, 11) is 1.63. The number of nitrogens with zero attached hydrogens (tertiary/aromatic N) is 1. The standard InChI is InChI=1S/C18H16N2O3/c1-12(21)23-19-11-16-15-5-3-4-6-17(15)20-18(16)13-7-9-14(22-2)10-8-13/h3-11,20H,1-2H3. The number of aromatic amines is 1. The molecule has 3 rings (SSSR count). The van der Waals surface area contributed by atoms with Crippen molar-refractivity contribution in [2.45, 2.75) is 6.92 Å². The number of ether oxygens (including phenoxy) is 1. The van der Waals surface area contributed by atoms with Crippen LogP contribution in [0.4, 0.5) is 0 Å². The second kappa shape index (κ2) is 6.36.